The van der Waals surface area contributed by atoms with Crippen LogP contribution in [0.25, 0.3) is 0 Å². The number of rotatable bonds is 9. The average Bonchev–Trinajstić information content (AvgIpc) is 2.71. The van der Waals surface area contributed by atoms with Crippen molar-refractivity contribution in [1.82, 2.24) is 10.2 Å². The van der Waals surface area contributed by atoms with Gasteiger partial charge in [-0.25, -0.2) is 4.79 Å². The van der Waals surface area contributed by atoms with Crippen LogP contribution >= 0.6 is 11.8 Å². The van der Waals surface area contributed by atoms with Crippen molar-refractivity contribution >= 4 is 29.6 Å². The third-order valence-corrected chi connectivity index (χ3v) is 6.24. The van der Waals surface area contributed by atoms with E-state index in [2.05, 4.69) is 5.32 Å². The topological polar surface area (TPSA) is 95.9 Å². The van der Waals surface area contributed by atoms with Crippen molar-refractivity contribution in [2.45, 2.75) is 57.7 Å². The number of aryl methyl sites for hydroxylation is 1. The molecule has 0 saturated carbocycles. The van der Waals surface area contributed by atoms with Crippen LogP contribution in [0.2, 0.25) is 0 Å². The van der Waals surface area contributed by atoms with Crippen molar-refractivity contribution in [1.29, 1.82) is 0 Å². The number of nitrogens with zero attached hydrogens (tertiary/aromatic N) is 1. The number of hydrogen-bond donors (Lipinski definition) is 2. The summed E-state index contributed by atoms with van der Waals surface area (Å²) >= 11 is 1.56. The molecule has 30 heavy (non-hydrogen) atoms. The van der Waals surface area contributed by atoms with Crippen LogP contribution in [0.5, 0.6) is 0 Å². The van der Waals surface area contributed by atoms with E-state index in [4.69, 9.17) is 4.74 Å². The summed E-state index contributed by atoms with van der Waals surface area (Å²) in [6.07, 6.45) is 2.87. The van der Waals surface area contributed by atoms with Gasteiger partial charge in [-0.15, -0.1) is 0 Å². The van der Waals surface area contributed by atoms with Crippen molar-refractivity contribution in [2.75, 3.05) is 24.7 Å². The lowest BCUT2D eigenvalue weighted by molar-refractivity contribution is -0.151. The van der Waals surface area contributed by atoms with E-state index in [1.807, 2.05) is 30.3 Å². The molecule has 3 atom stereocenters. The maximum Gasteiger partial charge on any atom is 0.327 e. The minimum absolute atomic E-state index is 0.259. The molecule has 8 heteroatoms. The quantitative estimate of drug-likeness (QED) is 0.574. The first-order valence-corrected chi connectivity index (χ1v) is 11.7. The van der Waals surface area contributed by atoms with Gasteiger partial charge in [0.15, 0.2) is 0 Å². The van der Waals surface area contributed by atoms with Gasteiger partial charge in [0.05, 0.1) is 12.6 Å². The number of carboxylic acid groups (broad SMARTS) is 1. The van der Waals surface area contributed by atoms with Crippen molar-refractivity contribution in [3.8, 4) is 0 Å². The molecule has 1 unspecified atom stereocenters. The molecular weight excluding hydrogens is 404 g/mol. The number of thioether (sulfide) groups is 1. The van der Waals surface area contributed by atoms with Crippen LogP contribution in [0.3, 0.4) is 0 Å². The predicted octanol–water partition coefficient (Wildman–Crippen LogP) is 2.34. The van der Waals surface area contributed by atoms with E-state index in [0.29, 0.717) is 25.1 Å². The molecule has 1 aliphatic heterocycles. The Kier molecular flexibility index (Phi) is 10.2. The molecule has 166 valence electrons. The summed E-state index contributed by atoms with van der Waals surface area (Å²) in [6.45, 7) is 4.10. The van der Waals surface area contributed by atoms with Gasteiger partial charge in [-0.1, -0.05) is 30.3 Å². The highest BCUT2D eigenvalue weighted by Crippen LogP contribution is 2.18. The number of aliphatic carboxylic acids is 1. The number of carboxylic acids is 1. The highest BCUT2D eigenvalue weighted by molar-refractivity contribution is 7.99. The first-order chi connectivity index (χ1) is 14.4. The summed E-state index contributed by atoms with van der Waals surface area (Å²) < 4.78 is 5.19. The number of hydrogen-bond acceptors (Lipinski definition) is 6. The minimum atomic E-state index is -0.990. The van der Waals surface area contributed by atoms with Crippen molar-refractivity contribution in [3.63, 3.8) is 0 Å². The Bertz CT molecular complexity index is 700. The van der Waals surface area contributed by atoms with Crippen LogP contribution in [0.4, 0.5) is 0 Å². The number of nitrogens with one attached hydrogen (secondary N) is 1. The molecule has 1 aromatic rings. The molecule has 0 aromatic heterocycles. The normalized spacial score (nSPS) is 19.3. The third kappa shape index (κ3) is 7.32. The van der Waals surface area contributed by atoms with Gasteiger partial charge in [-0.3, -0.25) is 14.9 Å². The number of ether oxygens (including phenoxy) is 1. The number of carbonyl (C=O) groups is 3. The zero-order valence-electron chi connectivity index (χ0n) is 17.7. The fourth-order valence-corrected chi connectivity index (χ4v) is 4.61. The Hall–Kier alpha value is -2.06. The summed E-state index contributed by atoms with van der Waals surface area (Å²) in [5, 5.41) is 12.7. The molecular formula is C22H32N2O5S. The van der Waals surface area contributed by atoms with E-state index in [9.17, 15) is 19.5 Å². The fraction of sp³-hybridized carbons (Fsp3) is 0.591. The molecule has 0 radical (unpaired) electrons. The van der Waals surface area contributed by atoms with Crippen LogP contribution < -0.4 is 5.32 Å². The zero-order chi connectivity index (χ0) is 21.9. The lowest BCUT2D eigenvalue weighted by Gasteiger charge is -2.33. The Morgan fingerprint density at radius 2 is 2.00 bits per heavy atom. The van der Waals surface area contributed by atoms with Gasteiger partial charge in [0, 0.05) is 12.3 Å². The molecule has 1 aliphatic rings. The standard InChI is InChI=1S/C22H32N2O5S/c1-3-29-22(28)18(12-11-17-9-5-4-6-10-17)23-16(2)20(25)24-13-7-8-14-30-15-19(24)21(26)27/h4-6,9-10,16,18-19,23H,3,7-8,11-15H2,1-2H3,(H,26,27)/t16-,18?,19+/m0/s1. The van der Waals surface area contributed by atoms with Gasteiger partial charge >= 0.3 is 11.9 Å². The largest absolute Gasteiger partial charge is 0.480 e. The SMILES string of the molecule is CCOC(=O)C(CCc1ccccc1)N[C@@H](C)C(=O)N1CCCCSC[C@@H]1C(=O)O. The Morgan fingerprint density at radius 1 is 1.27 bits per heavy atom. The third-order valence-electron chi connectivity index (χ3n) is 5.12. The van der Waals surface area contributed by atoms with Gasteiger partial charge in [0.1, 0.15) is 12.1 Å². The van der Waals surface area contributed by atoms with Crippen molar-refractivity contribution in [3.05, 3.63) is 35.9 Å². The lowest BCUT2D eigenvalue weighted by atomic mass is 10.0. The van der Waals surface area contributed by atoms with Crippen LogP contribution in [0, 0.1) is 0 Å². The van der Waals surface area contributed by atoms with Crippen molar-refractivity contribution in [2.24, 2.45) is 0 Å². The Labute approximate surface area is 182 Å². The molecule has 7 nitrogen and oxygen atoms in total. The van der Waals surface area contributed by atoms with Crippen LogP contribution in [0.1, 0.15) is 38.7 Å². The molecule has 2 N–H and O–H groups in total. The van der Waals surface area contributed by atoms with Gasteiger partial charge in [0.25, 0.3) is 0 Å². The van der Waals surface area contributed by atoms with Gasteiger partial charge in [0.2, 0.25) is 5.91 Å². The fourth-order valence-electron chi connectivity index (χ4n) is 3.48. The highest BCUT2D eigenvalue weighted by atomic mass is 32.2. The number of amides is 1. The van der Waals surface area contributed by atoms with E-state index < -0.39 is 30.1 Å². The molecule has 1 fully saturated rings. The number of carbonyl (C=O) groups excluding carboxylic acids is 2. The van der Waals surface area contributed by atoms with Gasteiger partial charge in [-0.05, 0) is 50.8 Å². The van der Waals surface area contributed by atoms with E-state index >= 15 is 0 Å². The van der Waals surface area contributed by atoms with Crippen LogP contribution in [0.15, 0.2) is 30.3 Å². The molecule has 0 spiro atoms. The summed E-state index contributed by atoms with van der Waals surface area (Å²) in [5.41, 5.74) is 1.10. The van der Waals surface area contributed by atoms with Crippen LogP contribution in [-0.2, 0) is 25.5 Å². The second-order valence-corrected chi connectivity index (χ2v) is 8.53. The van der Waals surface area contributed by atoms with E-state index in [1.165, 1.54) is 4.90 Å². The lowest BCUT2D eigenvalue weighted by Crippen LogP contribution is -2.56. The Balaban J connectivity index is 2.07. The van der Waals surface area contributed by atoms with E-state index in [1.54, 1.807) is 25.6 Å². The Morgan fingerprint density at radius 3 is 2.67 bits per heavy atom. The number of benzene rings is 1. The number of esters is 1. The molecule has 0 bridgehead atoms. The van der Waals surface area contributed by atoms with E-state index in [0.717, 1.165) is 24.2 Å². The molecule has 0 aliphatic carbocycles. The highest BCUT2D eigenvalue weighted by Gasteiger charge is 2.34. The monoisotopic (exact) mass is 436 g/mol. The first-order valence-electron chi connectivity index (χ1n) is 10.5. The molecule has 1 heterocycles. The van der Waals surface area contributed by atoms with Gasteiger partial charge in [-0.2, -0.15) is 11.8 Å². The van der Waals surface area contributed by atoms with E-state index in [-0.39, 0.29) is 12.5 Å². The zero-order valence-corrected chi connectivity index (χ0v) is 18.5. The molecule has 1 amide bonds. The first kappa shape index (κ1) is 24.2. The second kappa shape index (κ2) is 12.6. The average molecular weight is 437 g/mol. The van der Waals surface area contributed by atoms with Crippen molar-refractivity contribution < 1.29 is 24.2 Å². The summed E-state index contributed by atoms with van der Waals surface area (Å²) in [7, 11) is 0. The second-order valence-electron chi connectivity index (χ2n) is 7.38. The summed E-state index contributed by atoms with van der Waals surface area (Å²) in [5.74, 6) is -0.395. The minimum Gasteiger partial charge on any atom is -0.480 e. The van der Waals surface area contributed by atoms with Gasteiger partial charge < -0.3 is 14.7 Å². The molecule has 1 saturated heterocycles. The van der Waals surface area contributed by atoms with Crippen LogP contribution in [-0.4, -0.2) is 70.6 Å². The predicted molar refractivity (Wildman–Crippen MR) is 117 cm³/mol. The molecule has 1 aromatic carbocycles. The summed E-state index contributed by atoms with van der Waals surface area (Å²) in [4.78, 5) is 38.8. The molecule has 2 rings (SSSR count). The smallest absolute Gasteiger partial charge is 0.327 e. The maximum atomic E-state index is 13.1. The summed E-state index contributed by atoms with van der Waals surface area (Å²) in [6, 6.07) is 7.63. The maximum absolute atomic E-state index is 13.1.